The van der Waals surface area contributed by atoms with Gasteiger partial charge in [-0.05, 0) is 48.1 Å². The summed E-state index contributed by atoms with van der Waals surface area (Å²) in [6.07, 6.45) is 7.55. The number of halogens is 1. The molecule has 1 aromatic carbocycles. The zero-order valence-corrected chi connectivity index (χ0v) is 10.4. The highest BCUT2D eigenvalue weighted by atomic mass is 19.1. The number of hydrogen-bond donors (Lipinski definition) is 2. The number of nitrogens with one attached hydrogen (secondary N) is 1. The number of aliphatic hydroxyl groups excluding tert-OH is 1. The van der Waals surface area contributed by atoms with Gasteiger partial charge in [0, 0.05) is 12.4 Å². The molecule has 3 rings (SSSR count). The molecule has 0 aliphatic heterocycles. The summed E-state index contributed by atoms with van der Waals surface area (Å²) in [5.41, 5.74) is 2.60. The van der Waals surface area contributed by atoms with Crippen LogP contribution in [0, 0.1) is 5.82 Å². The van der Waals surface area contributed by atoms with Crippen molar-refractivity contribution in [1.82, 2.24) is 9.97 Å². The van der Waals surface area contributed by atoms with Gasteiger partial charge in [0.15, 0.2) is 0 Å². The largest absolute Gasteiger partial charge is 0.380 e. The molecule has 0 spiro atoms. The van der Waals surface area contributed by atoms with Crippen LogP contribution in [0.25, 0.3) is 5.57 Å². The van der Waals surface area contributed by atoms with Crippen LogP contribution >= 0.6 is 0 Å². The molecule has 1 atom stereocenters. The summed E-state index contributed by atoms with van der Waals surface area (Å²) < 4.78 is 13.5. The van der Waals surface area contributed by atoms with E-state index < -0.39 is 6.10 Å². The van der Waals surface area contributed by atoms with Gasteiger partial charge in [-0.25, -0.2) is 9.37 Å². The highest BCUT2D eigenvalue weighted by molar-refractivity contribution is 5.70. The van der Waals surface area contributed by atoms with E-state index in [1.165, 1.54) is 12.1 Å². The SMILES string of the molecule is OC(c1ncc[nH]1)c1ccc(F)cc1C1=CCCC1. The van der Waals surface area contributed by atoms with Crippen molar-refractivity contribution in [2.45, 2.75) is 25.4 Å². The molecule has 0 radical (unpaired) electrons. The maximum atomic E-state index is 13.5. The van der Waals surface area contributed by atoms with Crippen LogP contribution in [0.15, 0.2) is 36.7 Å². The molecule has 1 aliphatic carbocycles. The number of hydrogen-bond acceptors (Lipinski definition) is 2. The van der Waals surface area contributed by atoms with E-state index in [0.717, 1.165) is 30.4 Å². The minimum Gasteiger partial charge on any atom is -0.380 e. The lowest BCUT2D eigenvalue weighted by molar-refractivity contribution is 0.210. The van der Waals surface area contributed by atoms with Crippen LogP contribution in [-0.4, -0.2) is 15.1 Å². The molecule has 0 bridgehead atoms. The molecule has 98 valence electrons. The van der Waals surface area contributed by atoms with Crippen LogP contribution in [0.3, 0.4) is 0 Å². The zero-order valence-electron chi connectivity index (χ0n) is 10.4. The molecule has 4 heteroatoms. The number of aromatic nitrogens is 2. The van der Waals surface area contributed by atoms with Gasteiger partial charge in [-0.2, -0.15) is 0 Å². The second kappa shape index (κ2) is 4.97. The van der Waals surface area contributed by atoms with Crippen LogP contribution in [0.1, 0.15) is 42.3 Å². The number of benzene rings is 1. The summed E-state index contributed by atoms with van der Waals surface area (Å²) in [7, 11) is 0. The number of aliphatic hydroxyl groups is 1. The summed E-state index contributed by atoms with van der Waals surface area (Å²) in [5, 5.41) is 10.4. The van der Waals surface area contributed by atoms with Crippen molar-refractivity contribution in [2.75, 3.05) is 0 Å². The molecule has 0 amide bonds. The van der Waals surface area contributed by atoms with Crippen LogP contribution < -0.4 is 0 Å². The monoisotopic (exact) mass is 258 g/mol. The normalized spacial score (nSPS) is 16.4. The standard InChI is InChI=1S/C15H15FN2O/c16-11-5-6-12(14(19)15-17-7-8-18-15)13(9-11)10-3-1-2-4-10/h3,5-9,14,19H,1-2,4H2,(H,17,18). The van der Waals surface area contributed by atoms with E-state index in [1.54, 1.807) is 18.5 Å². The van der Waals surface area contributed by atoms with E-state index in [9.17, 15) is 9.50 Å². The van der Waals surface area contributed by atoms with Gasteiger partial charge in [-0.15, -0.1) is 0 Å². The highest BCUT2D eigenvalue weighted by Crippen LogP contribution is 2.34. The Morgan fingerprint density at radius 1 is 1.37 bits per heavy atom. The van der Waals surface area contributed by atoms with Crippen molar-refractivity contribution in [1.29, 1.82) is 0 Å². The first-order valence-corrected chi connectivity index (χ1v) is 6.42. The molecule has 0 fully saturated rings. The number of imidazole rings is 1. The van der Waals surface area contributed by atoms with Crippen LogP contribution in [0.2, 0.25) is 0 Å². The maximum Gasteiger partial charge on any atom is 0.139 e. The summed E-state index contributed by atoms with van der Waals surface area (Å²) >= 11 is 0. The van der Waals surface area contributed by atoms with Gasteiger partial charge in [-0.1, -0.05) is 12.1 Å². The van der Waals surface area contributed by atoms with Gasteiger partial charge >= 0.3 is 0 Å². The van der Waals surface area contributed by atoms with Gasteiger partial charge in [0.2, 0.25) is 0 Å². The number of nitrogens with zero attached hydrogens (tertiary/aromatic N) is 1. The average Bonchev–Trinajstić information content (AvgIpc) is 3.11. The van der Waals surface area contributed by atoms with E-state index in [0.29, 0.717) is 11.4 Å². The molecule has 1 heterocycles. The number of H-pyrrole nitrogens is 1. The van der Waals surface area contributed by atoms with Crippen molar-refractivity contribution in [2.24, 2.45) is 0 Å². The first kappa shape index (κ1) is 12.1. The fourth-order valence-corrected chi connectivity index (χ4v) is 2.53. The molecular formula is C15H15FN2O. The minimum absolute atomic E-state index is 0.279. The van der Waals surface area contributed by atoms with Gasteiger partial charge in [0.1, 0.15) is 17.7 Å². The second-order valence-electron chi connectivity index (χ2n) is 4.73. The Morgan fingerprint density at radius 2 is 2.26 bits per heavy atom. The predicted molar refractivity (Wildman–Crippen MR) is 70.9 cm³/mol. The van der Waals surface area contributed by atoms with Crippen molar-refractivity contribution in [3.63, 3.8) is 0 Å². The van der Waals surface area contributed by atoms with Gasteiger partial charge < -0.3 is 10.1 Å². The van der Waals surface area contributed by atoms with Gasteiger partial charge in [0.25, 0.3) is 0 Å². The average molecular weight is 258 g/mol. The lowest BCUT2D eigenvalue weighted by Gasteiger charge is -2.15. The molecule has 2 aromatic rings. The number of rotatable bonds is 3. The molecule has 0 saturated carbocycles. The highest BCUT2D eigenvalue weighted by Gasteiger charge is 2.20. The summed E-state index contributed by atoms with van der Waals surface area (Å²) in [6.45, 7) is 0. The van der Waals surface area contributed by atoms with Crippen molar-refractivity contribution < 1.29 is 9.50 Å². The quantitative estimate of drug-likeness (QED) is 0.888. The Labute approximate surface area is 110 Å². The smallest absolute Gasteiger partial charge is 0.139 e. The minimum atomic E-state index is -0.855. The Balaban J connectivity index is 2.05. The third-order valence-electron chi connectivity index (χ3n) is 3.48. The molecule has 1 aliphatic rings. The van der Waals surface area contributed by atoms with E-state index in [1.807, 2.05) is 0 Å². The van der Waals surface area contributed by atoms with Crippen molar-refractivity contribution in [3.05, 3.63) is 59.4 Å². The Kier molecular flexibility index (Phi) is 3.17. The lowest BCUT2D eigenvalue weighted by atomic mass is 9.95. The van der Waals surface area contributed by atoms with Crippen molar-refractivity contribution >= 4 is 5.57 Å². The topological polar surface area (TPSA) is 48.9 Å². The van der Waals surface area contributed by atoms with Crippen LogP contribution in [0.5, 0.6) is 0 Å². The Hall–Kier alpha value is -1.94. The Bertz CT molecular complexity index is 605. The molecule has 19 heavy (non-hydrogen) atoms. The lowest BCUT2D eigenvalue weighted by Crippen LogP contribution is -2.05. The molecule has 1 aromatic heterocycles. The predicted octanol–water partition coefficient (Wildman–Crippen LogP) is 3.20. The van der Waals surface area contributed by atoms with Gasteiger partial charge in [0.05, 0.1) is 0 Å². The first-order chi connectivity index (χ1) is 9.25. The molecule has 1 unspecified atom stereocenters. The first-order valence-electron chi connectivity index (χ1n) is 6.42. The summed E-state index contributed by atoms with van der Waals surface area (Å²) in [4.78, 5) is 6.96. The molecular weight excluding hydrogens is 243 g/mol. The maximum absolute atomic E-state index is 13.5. The fourth-order valence-electron chi connectivity index (χ4n) is 2.53. The summed E-state index contributed by atoms with van der Waals surface area (Å²) in [5.74, 6) is 0.199. The third-order valence-corrected chi connectivity index (χ3v) is 3.48. The van der Waals surface area contributed by atoms with E-state index in [4.69, 9.17) is 0 Å². The second-order valence-corrected chi connectivity index (χ2v) is 4.73. The van der Waals surface area contributed by atoms with Crippen LogP contribution in [0.4, 0.5) is 4.39 Å². The molecule has 3 nitrogen and oxygen atoms in total. The summed E-state index contributed by atoms with van der Waals surface area (Å²) in [6, 6.07) is 4.51. The van der Waals surface area contributed by atoms with E-state index >= 15 is 0 Å². The fraction of sp³-hybridized carbons (Fsp3) is 0.267. The van der Waals surface area contributed by atoms with Crippen LogP contribution in [-0.2, 0) is 0 Å². The van der Waals surface area contributed by atoms with Gasteiger partial charge in [-0.3, -0.25) is 0 Å². The molecule has 0 saturated heterocycles. The number of allylic oxidation sites excluding steroid dienone is 2. The third kappa shape index (κ3) is 2.31. The number of aromatic amines is 1. The van der Waals surface area contributed by atoms with E-state index in [-0.39, 0.29) is 5.82 Å². The zero-order chi connectivity index (χ0) is 13.2. The molecule has 2 N–H and O–H groups in total. The van der Waals surface area contributed by atoms with Crippen molar-refractivity contribution in [3.8, 4) is 0 Å². The Morgan fingerprint density at radius 3 is 2.95 bits per heavy atom. The van der Waals surface area contributed by atoms with E-state index in [2.05, 4.69) is 16.0 Å².